The van der Waals surface area contributed by atoms with E-state index < -0.39 is 0 Å². The number of rotatable bonds is 0. The van der Waals surface area contributed by atoms with Gasteiger partial charge in [0.2, 0.25) is 0 Å². The van der Waals surface area contributed by atoms with Crippen molar-refractivity contribution in [2.24, 2.45) is 0 Å². The quantitative estimate of drug-likeness (QED) is 0.463. The van der Waals surface area contributed by atoms with Crippen LogP contribution in [0.2, 0.25) is 0 Å². The van der Waals surface area contributed by atoms with Gasteiger partial charge in [-0.1, -0.05) is 0 Å². The molecule has 0 amide bonds. The molecule has 0 N–H and O–H groups in total. The molecular weight excluding hydrogens is 297 g/mol. The summed E-state index contributed by atoms with van der Waals surface area (Å²) in [6.45, 7) is 6.50. The van der Waals surface area contributed by atoms with E-state index >= 15 is 0 Å². The molecule has 2 heteroatoms. The predicted octanol–water partition coefficient (Wildman–Crippen LogP) is 1.00. The maximum atomic E-state index is 3.25. The molecule has 0 saturated carbocycles. The van der Waals surface area contributed by atoms with Gasteiger partial charge in [0.25, 0.3) is 0 Å². The van der Waals surface area contributed by atoms with Gasteiger partial charge in [0.05, 0.1) is 0 Å². The average molecular weight is 302 g/mol. The summed E-state index contributed by atoms with van der Waals surface area (Å²) in [5.74, 6) is 0. The van der Waals surface area contributed by atoms with Crippen molar-refractivity contribution in [2.75, 3.05) is 0 Å². The molecule has 1 radical (unpaired) electrons. The zero-order chi connectivity index (χ0) is 2.71. The third-order valence-corrected chi connectivity index (χ3v) is 0. The van der Waals surface area contributed by atoms with Crippen molar-refractivity contribution >= 4 is 0 Å². The van der Waals surface area contributed by atoms with E-state index in [1.54, 1.807) is 0 Å². The van der Waals surface area contributed by atoms with Gasteiger partial charge in [-0.25, -0.2) is 19.6 Å². The Morgan fingerprint density at radius 3 is 1.60 bits per heavy atom. The van der Waals surface area contributed by atoms with Crippen molar-refractivity contribution in [1.29, 1.82) is 0 Å². The summed E-state index contributed by atoms with van der Waals surface area (Å²) in [6.07, 6.45) is 1.50. The van der Waals surface area contributed by atoms with E-state index in [-0.39, 0.29) is 39.4 Å². The van der Waals surface area contributed by atoms with Gasteiger partial charge in [-0.15, -0.1) is 0 Å². The van der Waals surface area contributed by atoms with Crippen LogP contribution in [-0.2, 0) is 39.4 Å². The second kappa shape index (κ2) is 20.9. The minimum absolute atomic E-state index is 0. The molecule has 39 valence electrons. The normalized spacial score (nSPS) is 2.40. The SMILES string of the molecule is C=C[CH2-].[Au+].[Cu]. The second-order valence-electron chi connectivity index (χ2n) is 0.289. The van der Waals surface area contributed by atoms with Crippen LogP contribution in [0.5, 0.6) is 0 Å². The number of hydrogen-bond donors (Lipinski definition) is 0. The van der Waals surface area contributed by atoms with Gasteiger partial charge < -0.3 is 0 Å². The molecule has 0 rings (SSSR count). The molecular formula is C3H5AuCu. The fourth-order valence-electron chi connectivity index (χ4n) is 0. The van der Waals surface area contributed by atoms with Crippen molar-refractivity contribution in [3.63, 3.8) is 0 Å². The summed E-state index contributed by atoms with van der Waals surface area (Å²) >= 11 is 0. The molecule has 0 aliphatic carbocycles. The Balaban J connectivity index is -0.0000000200. The van der Waals surface area contributed by atoms with E-state index in [1.807, 2.05) is 0 Å². The first kappa shape index (κ1) is 16.9. The molecule has 5 heavy (non-hydrogen) atoms. The first-order valence-electron chi connectivity index (χ1n) is 0.816. The molecule has 0 aliphatic heterocycles. The Bertz CT molecular complexity index is 14.4. The van der Waals surface area contributed by atoms with E-state index in [1.165, 1.54) is 6.08 Å². The maximum Gasteiger partial charge on any atom is 1.00 e. The third-order valence-electron chi connectivity index (χ3n) is 0. The Labute approximate surface area is 59.0 Å². The van der Waals surface area contributed by atoms with E-state index in [2.05, 4.69) is 13.5 Å². The van der Waals surface area contributed by atoms with Gasteiger partial charge in [-0.2, -0.15) is 0 Å². The zero-order valence-corrected chi connectivity index (χ0v) is 5.70. The van der Waals surface area contributed by atoms with E-state index in [9.17, 15) is 0 Å². The standard InChI is InChI=1S/C3H5.Au.Cu/c1-3-2;;/h3H,1-2H2;;/q-1;+1;. The van der Waals surface area contributed by atoms with Gasteiger partial charge in [0.15, 0.2) is 0 Å². The van der Waals surface area contributed by atoms with Crippen molar-refractivity contribution in [3.8, 4) is 0 Å². The van der Waals surface area contributed by atoms with Crippen LogP contribution in [-0.4, -0.2) is 0 Å². The van der Waals surface area contributed by atoms with Crippen LogP contribution >= 0.6 is 0 Å². The van der Waals surface area contributed by atoms with Gasteiger partial charge in [0.1, 0.15) is 0 Å². The summed E-state index contributed by atoms with van der Waals surface area (Å²) in [5.41, 5.74) is 0. The second-order valence-corrected chi connectivity index (χ2v) is 0.289. The van der Waals surface area contributed by atoms with Crippen molar-refractivity contribution in [3.05, 3.63) is 19.6 Å². The van der Waals surface area contributed by atoms with Gasteiger partial charge in [0, 0.05) is 17.1 Å². The largest absolute Gasteiger partial charge is 1.00 e. The fraction of sp³-hybridized carbons (Fsp3) is 0. The van der Waals surface area contributed by atoms with Crippen LogP contribution in [0.1, 0.15) is 0 Å². The van der Waals surface area contributed by atoms with Gasteiger partial charge >= 0.3 is 22.4 Å². The molecule has 0 aliphatic rings. The van der Waals surface area contributed by atoms with Crippen molar-refractivity contribution in [2.45, 2.75) is 0 Å². The maximum absolute atomic E-state index is 3.25. The summed E-state index contributed by atoms with van der Waals surface area (Å²) in [5, 5.41) is 0. The van der Waals surface area contributed by atoms with Crippen LogP contribution in [0.4, 0.5) is 0 Å². The summed E-state index contributed by atoms with van der Waals surface area (Å²) < 4.78 is 0. The molecule has 0 heterocycles. The molecule has 0 aromatic carbocycles. The van der Waals surface area contributed by atoms with Crippen LogP contribution in [0, 0.1) is 6.92 Å². The summed E-state index contributed by atoms with van der Waals surface area (Å²) in [4.78, 5) is 0. The summed E-state index contributed by atoms with van der Waals surface area (Å²) in [6, 6.07) is 0. The third kappa shape index (κ3) is 53.0. The fourth-order valence-corrected chi connectivity index (χ4v) is 0. The molecule has 0 aromatic heterocycles. The first-order chi connectivity index (χ1) is 1.41. The Kier molecular flexibility index (Phi) is 70.5. The molecule has 0 atom stereocenters. The summed E-state index contributed by atoms with van der Waals surface area (Å²) in [7, 11) is 0. The molecule has 0 fully saturated rings. The van der Waals surface area contributed by atoms with Crippen molar-refractivity contribution in [1.82, 2.24) is 0 Å². The minimum Gasteiger partial charge on any atom is -0.245 e. The Hall–Kier alpha value is 0.870. The molecule has 0 spiro atoms. The van der Waals surface area contributed by atoms with Gasteiger partial charge in [-0.3, -0.25) is 0 Å². The Morgan fingerprint density at radius 1 is 1.60 bits per heavy atom. The van der Waals surface area contributed by atoms with Crippen LogP contribution in [0.25, 0.3) is 0 Å². The van der Waals surface area contributed by atoms with E-state index in [0.717, 1.165) is 0 Å². The average Bonchev–Trinajstić information content (AvgIpc) is 0.918. The minimum atomic E-state index is 0. The van der Waals surface area contributed by atoms with Crippen LogP contribution < -0.4 is 0 Å². The molecule has 0 aromatic rings. The van der Waals surface area contributed by atoms with Crippen LogP contribution in [0.3, 0.4) is 0 Å². The molecule has 0 nitrogen and oxygen atoms in total. The molecule has 0 saturated heterocycles. The Morgan fingerprint density at radius 2 is 1.60 bits per heavy atom. The number of hydrogen-bond acceptors (Lipinski definition) is 0. The molecule has 0 bridgehead atoms. The van der Waals surface area contributed by atoms with E-state index in [4.69, 9.17) is 0 Å². The number of allylic oxidation sites excluding steroid dienone is 1. The van der Waals surface area contributed by atoms with Gasteiger partial charge in [-0.05, 0) is 0 Å². The van der Waals surface area contributed by atoms with E-state index in [0.29, 0.717) is 0 Å². The smallest absolute Gasteiger partial charge is 0.245 e. The topological polar surface area (TPSA) is 0 Å². The first-order valence-corrected chi connectivity index (χ1v) is 0.816. The predicted molar refractivity (Wildman–Crippen MR) is 15.6 cm³/mol. The monoisotopic (exact) mass is 301 g/mol. The van der Waals surface area contributed by atoms with Crippen LogP contribution in [0.15, 0.2) is 12.7 Å². The zero-order valence-electron chi connectivity index (χ0n) is 2.59. The van der Waals surface area contributed by atoms with Crippen molar-refractivity contribution < 1.29 is 39.4 Å². The molecule has 0 unspecified atom stereocenters.